The summed E-state index contributed by atoms with van der Waals surface area (Å²) in [6.07, 6.45) is 0. The van der Waals surface area contributed by atoms with Crippen molar-refractivity contribution in [3.05, 3.63) is 35.9 Å². The smallest absolute Gasteiger partial charge is 0.312 e. The molecule has 5 heteroatoms. The summed E-state index contributed by atoms with van der Waals surface area (Å²) in [5.41, 5.74) is 5.61. The highest BCUT2D eigenvalue weighted by atomic mass is 79.9. The number of halogens is 1. The van der Waals surface area contributed by atoms with Crippen molar-refractivity contribution in [1.82, 2.24) is 0 Å². The molecule has 2 unspecified atom stereocenters. The maximum Gasteiger partial charge on any atom is 0.312 e. The van der Waals surface area contributed by atoms with Crippen LogP contribution in [0.25, 0.3) is 0 Å². The summed E-state index contributed by atoms with van der Waals surface area (Å²) < 4.78 is 0. The lowest BCUT2D eigenvalue weighted by Gasteiger charge is -2.15. The number of amides is 1. The van der Waals surface area contributed by atoms with E-state index < -0.39 is 22.6 Å². The second-order valence-corrected chi connectivity index (χ2v) is 4.02. The van der Waals surface area contributed by atoms with E-state index in [1.165, 1.54) is 0 Å². The molecule has 80 valence electrons. The molecule has 0 aromatic heterocycles. The van der Waals surface area contributed by atoms with Gasteiger partial charge in [0.1, 0.15) is 10.7 Å². The zero-order valence-electron chi connectivity index (χ0n) is 7.76. The molecule has 2 atom stereocenters. The van der Waals surface area contributed by atoms with Crippen LogP contribution in [0.5, 0.6) is 0 Å². The van der Waals surface area contributed by atoms with Crippen molar-refractivity contribution in [2.24, 2.45) is 5.73 Å². The molecule has 1 aromatic carbocycles. The van der Waals surface area contributed by atoms with Crippen LogP contribution in [-0.4, -0.2) is 21.8 Å². The lowest BCUT2D eigenvalue weighted by Crippen LogP contribution is -2.33. The number of alkyl halides is 1. The Morgan fingerprint density at radius 3 is 2.20 bits per heavy atom. The maximum atomic E-state index is 11.0. The topological polar surface area (TPSA) is 80.4 Å². The summed E-state index contributed by atoms with van der Waals surface area (Å²) in [6, 6.07) is 8.50. The molecule has 0 saturated carbocycles. The van der Waals surface area contributed by atoms with Crippen molar-refractivity contribution in [3.63, 3.8) is 0 Å². The van der Waals surface area contributed by atoms with Gasteiger partial charge in [0.25, 0.3) is 0 Å². The summed E-state index contributed by atoms with van der Waals surface area (Å²) in [5.74, 6) is -2.73. The average Bonchev–Trinajstić information content (AvgIpc) is 2.18. The normalized spacial score (nSPS) is 14.2. The first kappa shape index (κ1) is 11.7. The number of primary amides is 1. The molecule has 0 spiro atoms. The minimum absolute atomic E-state index is 0.547. The summed E-state index contributed by atoms with van der Waals surface area (Å²) >= 11 is 2.99. The van der Waals surface area contributed by atoms with Crippen molar-refractivity contribution >= 4 is 27.8 Å². The predicted molar refractivity (Wildman–Crippen MR) is 58.7 cm³/mol. The number of carboxylic acid groups (broad SMARTS) is 1. The van der Waals surface area contributed by atoms with Gasteiger partial charge < -0.3 is 10.8 Å². The Labute approximate surface area is 95.2 Å². The Balaban J connectivity index is 3.04. The van der Waals surface area contributed by atoms with E-state index in [-0.39, 0.29) is 0 Å². The van der Waals surface area contributed by atoms with E-state index in [2.05, 4.69) is 15.9 Å². The number of aliphatic carboxylic acids is 1. The summed E-state index contributed by atoms with van der Waals surface area (Å²) in [4.78, 5) is 21.0. The molecule has 0 bridgehead atoms. The van der Waals surface area contributed by atoms with Crippen LogP contribution in [0.2, 0.25) is 0 Å². The minimum Gasteiger partial charge on any atom is -0.481 e. The number of hydrogen-bond donors (Lipinski definition) is 2. The number of benzene rings is 1. The van der Waals surface area contributed by atoms with Crippen LogP contribution in [0, 0.1) is 0 Å². The molecule has 0 aliphatic rings. The van der Waals surface area contributed by atoms with E-state index in [0.29, 0.717) is 5.56 Å². The fraction of sp³-hybridized carbons (Fsp3) is 0.200. The van der Waals surface area contributed by atoms with Crippen molar-refractivity contribution in [3.8, 4) is 0 Å². The number of carboxylic acids is 1. The maximum absolute atomic E-state index is 11.0. The first-order valence-electron chi connectivity index (χ1n) is 4.25. The van der Waals surface area contributed by atoms with Crippen LogP contribution < -0.4 is 5.73 Å². The van der Waals surface area contributed by atoms with Crippen molar-refractivity contribution in [1.29, 1.82) is 0 Å². The fourth-order valence-corrected chi connectivity index (χ4v) is 1.79. The lowest BCUT2D eigenvalue weighted by molar-refractivity contribution is -0.140. The van der Waals surface area contributed by atoms with E-state index in [1.54, 1.807) is 30.3 Å². The van der Waals surface area contributed by atoms with Crippen LogP contribution >= 0.6 is 15.9 Å². The van der Waals surface area contributed by atoms with Crippen LogP contribution in [0.1, 0.15) is 11.5 Å². The molecule has 0 heterocycles. The molecular weight excluding hydrogens is 262 g/mol. The van der Waals surface area contributed by atoms with E-state index in [0.717, 1.165) is 0 Å². The Kier molecular flexibility index (Phi) is 3.85. The van der Waals surface area contributed by atoms with E-state index in [4.69, 9.17) is 10.8 Å². The van der Waals surface area contributed by atoms with Gasteiger partial charge in [-0.25, -0.2) is 0 Å². The first-order valence-corrected chi connectivity index (χ1v) is 5.16. The number of hydrogen-bond acceptors (Lipinski definition) is 2. The van der Waals surface area contributed by atoms with E-state index in [9.17, 15) is 9.59 Å². The van der Waals surface area contributed by atoms with Crippen molar-refractivity contribution in [2.45, 2.75) is 10.7 Å². The number of nitrogens with two attached hydrogens (primary N) is 1. The predicted octanol–water partition coefficient (Wildman–Crippen LogP) is 1.10. The van der Waals surface area contributed by atoms with Crippen LogP contribution in [0.3, 0.4) is 0 Å². The van der Waals surface area contributed by atoms with Crippen LogP contribution in [0.4, 0.5) is 0 Å². The highest BCUT2D eigenvalue weighted by molar-refractivity contribution is 9.10. The zero-order chi connectivity index (χ0) is 11.4. The van der Waals surface area contributed by atoms with Gasteiger partial charge in [0.2, 0.25) is 5.91 Å². The number of carbonyl (C=O) groups excluding carboxylic acids is 1. The van der Waals surface area contributed by atoms with Gasteiger partial charge in [-0.15, -0.1) is 0 Å². The molecule has 0 saturated heterocycles. The number of carbonyl (C=O) groups is 2. The molecule has 0 fully saturated rings. The second-order valence-electron chi connectivity index (χ2n) is 3.03. The van der Waals surface area contributed by atoms with E-state index in [1.807, 2.05) is 0 Å². The first-order chi connectivity index (χ1) is 7.04. The second kappa shape index (κ2) is 4.93. The van der Waals surface area contributed by atoms with Gasteiger partial charge in [0, 0.05) is 0 Å². The molecule has 1 amide bonds. The van der Waals surface area contributed by atoms with Gasteiger partial charge in [-0.05, 0) is 5.56 Å². The van der Waals surface area contributed by atoms with Gasteiger partial charge in [-0.1, -0.05) is 46.3 Å². The molecule has 3 N–H and O–H groups in total. The molecule has 1 rings (SSSR count). The fourth-order valence-electron chi connectivity index (χ4n) is 1.26. The van der Waals surface area contributed by atoms with E-state index >= 15 is 0 Å². The molecule has 0 aliphatic carbocycles. The third-order valence-corrected chi connectivity index (χ3v) is 2.97. The molecule has 0 radical (unpaired) electrons. The Morgan fingerprint density at radius 1 is 1.27 bits per heavy atom. The standard InChI is InChI=1S/C10H10BrNO3/c11-8(9(12)13)7(10(14)15)6-4-2-1-3-5-6/h1-5,7-8H,(H2,12,13)(H,14,15). The van der Waals surface area contributed by atoms with Crippen LogP contribution in [0.15, 0.2) is 30.3 Å². The minimum atomic E-state index is -1.08. The van der Waals surface area contributed by atoms with Gasteiger partial charge in [-0.3, -0.25) is 9.59 Å². The highest BCUT2D eigenvalue weighted by Crippen LogP contribution is 2.25. The lowest BCUT2D eigenvalue weighted by atomic mass is 9.95. The Morgan fingerprint density at radius 2 is 1.80 bits per heavy atom. The van der Waals surface area contributed by atoms with Gasteiger partial charge >= 0.3 is 5.97 Å². The summed E-state index contributed by atoms with van der Waals surface area (Å²) in [5, 5.41) is 9.01. The van der Waals surface area contributed by atoms with Crippen molar-refractivity contribution < 1.29 is 14.7 Å². The molecule has 15 heavy (non-hydrogen) atoms. The third-order valence-electron chi connectivity index (χ3n) is 1.99. The quantitative estimate of drug-likeness (QED) is 0.805. The van der Waals surface area contributed by atoms with Gasteiger partial charge in [0.05, 0.1) is 0 Å². The molecule has 4 nitrogen and oxygen atoms in total. The Hall–Kier alpha value is -1.36. The monoisotopic (exact) mass is 271 g/mol. The average molecular weight is 272 g/mol. The van der Waals surface area contributed by atoms with Gasteiger partial charge in [-0.2, -0.15) is 0 Å². The van der Waals surface area contributed by atoms with Crippen LogP contribution in [-0.2, 0) is 9.59 Å². The highest BCUT2D eigenvalue weighted by Gasteiger charge is 2.31. The summed E-state index contributed by atoms with van der Waals surface area (Å²) in [7, 11) is 0. The number of rotatable bonds is 4. The third kappa shape index (κ3) is 2.79. The zero-order valence-corrected chi connectivity index (χ0v) is 9.35. The largest absolute Gasteiger partial charge is 0.481 e. The summed E-state index contributed by atoms with van der Waals surface area (Å²) in [6.45, 7) is 0. The molecular formula is C10H10BrNO3. The molecule has 0 aliphatic heterocycles. The SMILES string of the molecule is NC(=O)C(Br)C(C(=O)O)c1ccccc1. The Bertz CT molecular complexity index is 366. The molecule has 1 aromatic rings. The van der Waals surface area contributed by atoms with Gasteiger partial charge in [0.15, 0.2) is 0 Å². The van der Waals surface area contributed by atoms with Crippen molar-refractivity contribution in [2.75, 3.05) is 0 Å².